The molecule has 0 aromatic heterocycles. The molecule has 1 aliphatic rings. The van der Waals surface area contributed by atoms with Crippen molar-refractivity contribution in [2.24, 2.45) is 0 Å². The van der Waals surface area contributed by atoms with Gasteiger partial charge in [-0.3, -0.25) is 14.4 Å². The van der Waals surface area contributed by atoms with Gasteiger partial charge >= 0.3 is 5.97 Å². The molecule has 0 saturated carbocycles. The van der Waals surface area contributed by atoms with E-state index >= 15 is 0 Å². The molecule has 26 heavy (non-hydrogen) atoms. The van der Waals surface area contributed by atoms with Crippen LogP contribution in [-0.4, -0.2) is 82.4 Å². The summed E-state index contributed by atoms with van der Waals surface area (Å²) in [5.41, 5.74) is 0. The number of aliphatic hydroxyl groups is 2. The highest BCUT2D eigenvalue weighted by Crippen LogP contribution is 2.05. The van der Waals surface area contributed by atoms with E-state index in [0.29, 0.717) is 13.0 Å². The molecule has 0 bridgehead atoms. The third-order valence-corrected chi connectivity index (χ3v) is 3.99. The lowest BCUT2D eigenvalue weighted by molar-refractivity contribution is -0.145. The predicted molar refractivity (Wildman–Crippen MR) is 88.9 cm³/mol. The van der Waals surface area contributed by atoms with Gasteiger partial charge in [0.1, 0.15) is 12.1 Å². The Kier molecular flexibility index (Phi) is 8.42. The second-order valence-electron chi connectivity index (χ2n) is 6.19. The highest BCUT2D eigenvalue weighted by molar-refractivity contribution is 5.94. The van der Waals surface area contributed by atoms with Gasteiger partial charge < -0.3 is 36.6 Å². The molecule has 1 rings (SSSR count). The number of nitrogens with one attached hydrogen (secondary N) is 4. The van der Waals surface area contributed by atoms with Gasteiger partial charge in [-0.25, -0.2) is 4.79 Å². The number of carboxylic acids is 1. The molecule has 1 saturated heterocycles. The number of aliphatic hydroxyl groups excluding tert-OH is 2. The van der Waals surface area contributed by atoms with E-state index in [9.17, 15) is 29.4 Å². The molecule has 5 unspecified atom stereocenters. The number of aliphatic carboxylic acids is 1. The van der Waals surface area contributed by atoms with Gasteiger partial charge in [-0.15, -0.1) is 0 Å². The smallest absolute Gasteiger partial charge is 0.328 e. The third-order valence-electron chi connectivity index (χ3n) is 3.99. The van der Waals surface area contributed by atoms with Crippen molar-refractivity contribution in [1.82, 2.24) is 21.3 Å². The Morgan fingerprint density at radius 3 is 2.23 bits per heavy atom. The summed E-state index contributed by atoms with van der Waals surface area (Å²) in [4.78, 5) is 47.1. The van der Waals surface area contributed by atoms with Crippen LogP contribution in [0.2, 0.25) is 0 Å². The Morgan fingerprint density at radius 2 is 1.77 bits per heavy atom. The van der Waals surface area contributed by atoms with Crippen molar-refractivity contribution in [3.8, 4) is 0 Å². The van der Waals surface area contributed by atoms with Gasteiger partial charge in [0.05, 0.1) is 18.8 Å². The van der Waals surface area contributed by atoms with Gasteiger partial charge in [0.15, 0.2) is 6.04 Å². The number of carboxylic acid groups (broad SMARTS) is 1. The molecule has 11 heteroatoms. The summed E-state index contributed by atoms with van der Waals surface area (Å²) in [6, 6.07) is -4.34. The zero-order valence-electron chi connectivity index (χ0n) is 14.7. The van der Waals surface area contributed by atoms with E-state index in [0.717, 1.165) is 6.42 Å². The summed E-state index contributed by atoms with van der Waals surface area (Å²) in [6.07, 6.45) is 0.127. The number of rotatable bonds is 9. The van der Waals surface area contributed by atoms with Crippen LogP contribution in [0.15, 0.2) is 0 Å². The lowest BCUT2D eigenvalue weighted by atomic mass is 10.1. The average molecular weight is 374 g/mol. The maximum absolute atomic E-state index is 12.1. The fourth-order valence-electron chi connectivity index (χ4n) is 2.42. The van der Waals surface area contributed by atoms with Crippen molar-refractivity contribution >= 4 is 23.7 Å². The van der Waals surface area contributed by atoms with Crippen LogP contribution in [0.4, 0.5) is 0 Å². The first-order valence-electron chi connectivity index (χ1n) is 8.33. The van der Waals surface area contributed by atoms with E-state index in [2.05, 4.69) is 21.3 Å². The van der Waals surface area contributed by atoms with Crippen LogP contribution >= 0.6 is 0 Å². The second kappa shape index (κ2) is 10.0. The maximum atomic E-state index is 12.1. The van der Waals surface area contributed by atoms with Crippen molar-refractivity contribution in [1.29, 1.82) is 0 Å². The average Bonchev–Trinajstić information content (AvgIpc) is 3.10. The van der Waals surface area contributed by atoms with Crippen LogP contribution in [0, 0.1) is 0 Å². The van der Waals surface area contributed by atoms with E-state index in [1.807, 2.05) is 0 Å². The van der Waals surface area contributed by atoms with E-state index in [-0.39, 0.29) is 0 Å². The minimum absolute atomic E-state index is 0.422. The normalized spacial score (nSPS) is 21.2. The van der Waals surface area contributed by atoms with Gasteiger partial charge in [0.2, 0.25) is 17.7 Å². The summed E-state index contributed by atoms with van der Waals surface area (Å²) in [5, 5.41) is 37.4. The van der Waals surface area contributed by atoms with Crippen molar-refractivity contribution in [2.75, 3.05) is 13.2 Å². The number of hydrogen-bond acceptors (Lipinski definition) is 7. The van der Waals surface area contributed by atoms with Gasteiger partial charge in [-0.2, -0.15) is 0 Å². The van der Waals surface area contributed by atoms with Gasteiger partial charge in [0.25, 0.3) is 0 Å². The molecular weight excluding hydrogens is 348 g/mol. The standard InChI is InChI=1S/C15H26N4O7/c1-7(12(22)19-11(8(2)21)15(25)26)17-14(24)10(6-20)18-13(23)9-4-3-5-16-9/h7-11,16,20-21H,3-6H2,1-2H3,(H,17,24)(H,18,23)(H,19,22)(H,25,26). The molecule has 1 heterocycles. The summed E-state index contributed by atoms with van der Waals surface area (Å²) < 4.78 is 0. The molecule has 148 valence electrons. The molecule has 11 nitrogen and oxygen atoms in total. The fraction of sp³-hybridized carbons (Fsp3) is 0.733. The first-order valence-corrected chi connectivity index (χ1v) is 8.33. The first kappa shape index (κ1) is 21.8. The molecule has 0 aromatic rings. The summed E-state index contributed by atoms with van der Waals surface area (Å²) >= 11 is 0. The quantitative estimate of drug-likeness (QED) is 0.219. The number of hydrogen-bond donors (Lipinski definition) is 7. The SMILES string of the molecule is CC(NC(=O)C(CO)NC(=O)C1CCCN1)C(=O)NC(C(=O)O)C(C)O. The highest BCUT2D eigenvalue weighted by Gasteiger charge is 2.30. The lowest BCUT2D eigenvalue weighted by Gasteiger charge is -2.23. The summed E-state index contributed by atoms with van der Waals surface area (Å²) in [7, 11) is 0. The number of amides is 3. The Hall–Kier alpha value is -2.24. The topological polar surface area (TPSA) is 177 Å². The lowest BCUT2D eigenvalue weighted by Crippen LogP contribution is -2.58. The molecule has 5 atom stereocenters. The maximum Gasteiger partial charge on any atom is 0.328 e. The molecule has 0 radical (unpaired) electrons. The van der Waals surface area contributed by atoms with Gasteiger partial charge in [0, 0.05) is 0 Å². The van der Waals surface area contributed by atoms with Crippen molar-refractivity contribution < 1.29 is 34.5 Å². The second-order valence-corrected chi connectivity index (χ2v) is 6.19. The number of carbonyl (C=O) groups is 4. The molecule has 3 amide bonds. The zero-order chi connectivity index (χ0) is 19.9. The van der Waals surface area contributed by atoms with Crippen LogP contribution in [0.5, 0.6) is 0 Å². The van der Waals surface area contributed by atoms with Crippen LogP contribution in [0.3, 0.4) is 0 Å². The predicted octanol–water partition coefficient (Wildman–Crippen LogP) is -3.33. The molecule has 0 aromatic carbocycles. The van der Waals surface area contributed by atoms with E-state index in [4.69, 9.17) is 5.11 Å². The Labute approximate surface area is 150 Å². The van der Waals surface area contributed by atoms with Gasteiger partial charge in [-0.05, 0) is 33.2 Å². The van der Waals surface area contributed by atoms with E-state index in [1.54, 1.807) is 0 Å². The molecule has 1 fully saturated rings. The van der Waals surface area contributed by atoms with Crippen LogP contribution in [0.1, 0.15) is 26.7 Å². The largest absolute Gasteiger partial charge is 0.480 e. The van der Waals surface area contributed by atoms with Crippen LogP contribution in [-0.2, 0) is 19.2 Å². The van der Waals surface area contributed by atoms with Crippen LogP contribution in [0.25, 0.3) is 0 Å². The molecule has 1 aliphatic heterocycles. The monoisotopic (exact) mass is 374 g/mol. The Morgan fingerprint density at radius 1 is 1.12 bits per heavy atom. The molecule has 0 spiro atoms. The van der Waals surface area contributed by atoms with E-state index in [1.165, 1.54) is 13.8 Å². The Balaban J connectivity index is 2.58. The van der Waals surface area contributed by atoms with Crippen molar-refractivity contribution in [3.05, 3.63) is 0 Å². The summed E-state index contributed by atoms with van der Waals surface area (Å²) in [5.74, 6) is -3.46. The van der Waals surface area contributed by atoms with Crippen molar-refractivity contribution in [3.63, 3.8) is 0 Å². The first-order chi connectivity index (χ1) is 12.2. The van der Waals surface area contributed by atoms with E-state index < -0.39 is 60.6 Å². The Bertz CT molecular complexity index is 534. The third kappa shape index (κ3) is 6.24. The fourth-order valence-corrected chi connectivity index (χ4v) is 2.42. The molecular formula is C15H26N4O7. The highest BCUT2D eigenvalue weighted by atomic mass is 16.4. The van der Waals surface area contributed by atoms with Crippen LogP contribution < -0.4 is 21.3 Å². The minimum Gasteiger partial charge on any atom is -0.480 e. The summed E-state index contributed by atoms with van der Waals surface area (Å²) in [6.45, 7) is 2.54. The van der Waals surface area contributed by atoms with Crippen molar-refractivity contribution in [2.45, 2.75) is 57.0 Å². The number of carbonyl (C=O) groups excluding carboxylic acids is 3. The van der Waals surface area contributed by atoms with Gasteiger partial charge in [-0.1, -0.05) is 0 Å². The molecule has 0 aliphatic carbocycles. The zero-order valence-corrected chi connectivity index (χ0v) is 14.7. The molecule has 7 N–H and O–H groups in total. The minimum atomic E-state index is -1.52.